The average molecular weight is 235 g/mol. The van der Waals surface area contributed by atoms with Gasteiger partial charge in [-0.25, -0.2) is 0 Å². The lowest BCUT2D eigenvalue weighted by molar-refractivity contribution is 0.127. The summed E-state index contributed by atoms with van der Waals surface area (Å²) in [5.74, 6) is 1.60. The van der Waals surface area contributed by atoms with Crippen molar-refractivity contribution in [3.8, 4) is 11.5 Å². The summed E-state index contributed by atoms with van der Waals surface area (Å²) in [5.41, 5.74) is 2.86. The van der Waals surface area contributed by atoms with E-state index in [4.69, 9.17) is 9.47 Å². The summed E-state index contributed by atoms with van der Waals surface area (Å²) in [6, 6.07) is 4.54. The molecule has 0 radical (unpaired) electrons. The van der Waals surface area contributed by atoms with E-state index in [1.54, 1.807) is 14.2 Å². The molecule has 1 fully saturated rings. The van der Waals surface area contributed by atoms with E-state index < -0.39 is 0 Å². The third-order valence-corrected chi connectivity index (χ3v) is 3.63. The van der Waals surface area contributed by atoms with Crippen molar-refractivity contribution in [2.75, 3.05) is 20.8 Å². The SMILES string of the molecule is COc1cc(C)c(C2NCC2(C)C)cc1OC. The zero-order chi connectivity index (χ0) is 12.6. The quantitative estimate of drug-likeness (QED) is 0.873. The van der Waals surface area contributed by atoms with Crippen molar-refractivity contribution >= 4 is 0 Å². The topological polar surface area (TPSA) is 30.5 Å². The molecule has 0 spiro atoms. The van der Waals surface area contributed by atoms with Crippen LogP contribution >= 0.6 is 0 Å². The van der Waals surface area contributed by atoms with Gasteiger partial charge in [0.1, 0.15) is 0 Å². The van der Waals surface area contributed by atoms with Crippen molar-refractivity contribution in [2.24, 2.45) is 5.41 Å². The third-order valence-electron chi connectivity index (χ3n) is 3.63. The van der Waals surface area contributed by atoms with Gasteiger partial charge in [0.2, 0.25) is 0 Å². The molecule has 0 saturated carbocycles. The molecule has 1 aliphatic rings. The number of rotatable bonds is 3. The Morgan fingerprint density at radius 1 is 1.18 bits per heavy atom. The first kappa shape index (κ1) is 12.2. The molecule has 1 aliphatic heterocycles. The zero-order valence-corrected chi connectivity index (χ0v) is 11.3. The average Bonchev–Trinajstić information content (AvgIpc) is 2.29. The second kappa shape index (κ2) is 4.22. The molecule has 94 valence electrons. The fourth-order valence-corrected chi connectivity index (χ4v) is 2.45. The number of hydrogen-bond donors (Lipinski definition) is 1. The molecular formula is C14H21NO2. The van der Waals surface area contributed by atoms with Crippen LogP contribution in [0.15, 0.2) is 12.1 Å². The van der Waals surface area contributed by atoms with E-state index in [1.807, 2.05) is 6.07 Å². The molecule has 2 rings (SSSR count). The minimum absolute atomic E-state index is 0.310. The van der Waals surface area contributed by atoms with Gasteiger partial charge in [0, 0.05) is 12.6 Å². The van der Waals surface area contributed by atoms with Crippen molar-refractivity contribution < 1.29 is 9.47 Å². The van der Waals surface area contributed by atoms with Crippen LogP contribution in [-0.2, 0) is 0 Å². The van der Waals surface area contributed by atoms with Crippen LogP contribution in [0, 0.1) is 12.3 Å². The highest BCUT2D eigenvalue weighted by molar-refractivity contribution is 5.49. The number of benzene rings is 1. The van der Waals surface area contributed by atoms with Crippen LogP contribution in [0.3, 0.4) is 0 Å². The summed E-state index contributed by atoms with van der Waals surface area (Å²) >= 11 is 0. The monoisotopic (exact) mass is 235 g/mol. The van der Waals surface area contributed by atoms with Gasteiger partial charge in [-0.3, -0.25) is 0 Å². The van der Waals surface area contributed by atoms with Crippen LogP contribution in [0.25, 0.3) is 0 Å². The van der Waals surface area contributed by atoms with Gasteiger partial charge in [-0.05, 0) is 35.6 Å². The van der Waals surface area contributed by atoms with Gasteiger partial charge in [0.15, 0.2) is 11.5 Å². The molecule has 0 amide bonds. The lowest BCUT2D eigenvalue weighted by Gasteiger charge is -2.46. The Morgan fingerprint density at radius 2 is 1.76 bits per heavy atom. The predicted molar refractivity (Wildman–Crippen MR) is 68.8 cm³/mol. The molecule has 0 bridgehead atoms. The van der Waals surface area contributed by atoms with Gasteiger partial charge >= 0.3 is 0 Å². The smallest absolute Gasteiger partial charge is 0.161 e. The molecule has 1 unspecified atom stereocenters. The van der Waals surface area contributed by atoms with Crippen LogP contribution in [0.1, 0.15) is 31.0 Å². The maximum atomic E-state index is 5.37. The Labute approximate surface area is 103 Å². The van der Waals surface area contributed by atoms with E-state index in [2.05, 4.69) is 32.2 Å². The molecule has 0 aromatic heterocycles. The fourth-order valence-electron chi connectivity index (χ4n) is 2.45. The number of nitrogens with one attached hydrogen (secondary N) is 1. The highest BCUT2D eigenvalue weighted by Crippen LogP contribution is 2.44. The first-order valence-electron chi connectivity index (χ1n) is 5.95. The van der Waals surface area contributed by atoms with Crippen molar-refractivity contribution in [2.45, 2.75) is 26.8 Å². The maximum absolute atomic E-state index is 5.37. The van der Waals surface area contributed by atoms with Crippen molar-refractivity contribution in [1.82, 2.24) is 5.32 Å². The number of aryl methyl sites for hydroxylation is 1. The van der Waals surface area contributed by atoms with E-state index >= 15 is 0 Å². The number of methoxy groups -OCH3 is 2. The fraction of sp³-hybridized carbons (Fsp3) is 0.571. The number of hydrogen-bond acceptors (Lipinski definition) is 3. The molecule has 1 N–H and O–H groups in total. The Hall–Kier alpha value is -1.22. The van der Waals surface area contributed by atoms with Gasteiger partial charge in [0.25, 0.3) is 0 Å². The summed E-state index contributed by atoms with van der Waals surface area (Å²) < 4.78 is 10.7. The normalized spacial score (nSPS) is 21.8. The minimum Gasteiger partial charge on any atom is -0.493 e. The standard InChI is InChI=1S/C14H21NO2/c1-9-6-11(16-4)12(17-5)7-10(9)13-14(2,3)8-15-13/h6-7,13,15H,8H2,1-5H3. The molecule has 3 heteroatoms. The number of ether oxygens (including phenoxy) is 2. The molecular weight excluding hydrogens is 214 g/mol. The molecule has 1 aromatic carbocycles. The van der Waals surface area contributed by atoms with Crippen LogP contribution in [0.2, 0.25) is 0 Å². The van der Waals surface area contributed by atoms with E-state index in [0.29, 0.717) is 11.5 Å². The summed E-state index contributed by atoms with van der Waals surface area (Å²) in [6.45, 7) is 7.74. The van der Waals surface area contributed by atoms with Crippen molar-refractivity contribution in [1.29, 1.82) is 0 Å². The largest absolute Gasteiger partial charge is 0.493 e. The lowest BCUT2D eigenvalue weighted by Crippen LogP contribution is -2.52. The van der Waals surface area contributed by atoms with E-state index in [9.17, 15) is 0 Å². The lowest BCUT2D eigenvalue weighted by atomic mass is 9.73. The molecule has 0 aliphatic carbocycles. The third kappa shape index (κ3) is 2.00. The van der Waals surface area contributed by atoms with Crippen LogP contribution < -0.4 is 14.8 Å². The van der Waals surface area contributed by atoms with Crippen LogP contribution in [-0.4, -0.2) is 20.8 Å². The maximum Gasteiger partial charge on any atom is 0.161 e. The van der Waals surface area contributed by atoms with Gasteiger partial charge in [-0.15, -0.1) is 0 Å². The minimum atomic E-state index is 0.310. The van der Waals surface area contributed by atoms with Crippen molar-refractivity contribution in [3.05, 3.63) is 23.3 Å². The van der Waals surface area contributed by atoms with E-state index in [0.717, 1.165) is 18.0 Å². The summed E-state index contributed by atoms with van der Waals surface area (Å²) in [4.78, 5) is 0. The molecule has 1 aromatic rings. The summed E-state index contributed by atoms with van der Waals surface area (Å²) in [5, 5.41) is 3.49. The zero-order valence-electron chi connectivity index (χ0n) is 11.3. The highest BCUT2D eigenvalue weighted by atomic mass is 16.5. The Kier molecular flexibility index (Phi) is 3.04. The molecule has 1 atom stereocenters. The van der Waals surface area contributed by atoms with Crippen LogP contribution in [0.5, 0.6) is 11.5 Å². The Bertz CT molecular complexity index is 426. The van der Waals surface area contributed by atoms with Crippen LogP contribution in [0.4, 0.5) is 0 Å². The van der Waals surface area contributed by atoms with Gasteiger partial charge in [-0.1, -0.05) is 13.8 Å². The summed E-state index contributed by atoms with van der Waals surface area (Å²) in [6.07, 6.45) is 0. The van der Waals surface area contributed by atoms with Gasteiger partial charge < -0.3 is 14.8 Å². The van der Waals surface area contributed by atoms with Crippen molar-refractivity contribution in [3.63, 3.8) is 0 Å². The second-order valence-corrected chi connectivity index (χ2v) is 5.37. The van der Waals surface area contributed by atoms with Gasteiger partial charge in [-0.2, -0.15) is 0 Å². The molecule has 1 saturated heterocycles. The molecule has 1 heterocycles. The highest BCUT2D eigenvalue weighted by Gasteiger charge is 2.40. The van der Waals surface area contributed by atoms with Gasteiger partial charge in [0.05, 0.1) is 14.2 Å². The Morgan fingerprint density at radius 3 is 2.18 bits per heavy atom. The predicted octanol–water partition coefficient (Wildman–Crippen LogP) is 2.68. The Balaban J connectivity index is 2.41. The van der Waals surface area contributed by atoms with E-state index in [-0.39, 0.29) is 0 Å². The molecule has 3 nitrogen and oxygen atoms in total. The first-order valence-corrected chi connectivity index (χ1v) is 5.95. The van der Waals surface area contributed by atoms with E-state index in [1.165, 1.54) is 11.1 Å². The summed E-state index contributed by atoms with van der Waals surface area (Å²) in [7, 11) is 3.35. The molecule has 17 heavy (non-hydrogen) atoms. The second-order valence-electron chi connectivity index (χ2n) is 5.37. The first-order chi connectivity index (χ1) is 7.99.